The number of carbonyl (C=O) groups excluding carboxylic acids is 1. The fourth-order valence-corrected chi connectivity index (χ4v) is 2.71. The van der Waals surface area contributed by atoms with Crippen molar-refractivity contribution in [3.05, 3.63) is 32.9 Å². The molecule has 1 aliphatic heterocycles. The fraction of sp³-hybridized carbons (Fsp3) is 0.667. The molecule has 12 heteroatoms. The lowest BCUT2D eigenvalue weighted by Crippen LogP contribution is -2.43. The van der Waals surface area contributed by atoms with Crippen LogP contribution in [0.2, 0.25) is 0 Å². The lowest BCUT2D eigenvalue weighted by atomic mass is 9.98. The maximum absolute atomic E-state index is 14.0. The topological polar surface area (TPSA) is 129 Å². The van der Waals surface area contributed by atoms with Gasteiger partial charge in [-0.3, -0.25) is 14.2 Å². The van der Waals surface area contributed by atoms with E-state index in [9.17, 15) is 18.8 Å². The zero-order chi connectivity index (χ0) is 20.4. The SMILES string of the molecule is CC(C)(C)C(=O)OCn1c(=O)c(F)cn(C2CCC(COP(O)O)O2)c1=O. The van der Waals surface area contributed by atoms with Gasteiger partial charge in [0.15, 0.2) is 6.73 Å². The van der Waals surface area contributed by atoms with Gasteiger partial charge in [-0.05, 0) is 33.6 Å². The van der Waals surface area contributed by atoms with E-state index in [0.717, 1.165) is 10.8 Å². The third-order valence-corrected chi connectivity index (χ3v) is 4.24. The molecule has 1 aromatic heterocycles. The van der Waals surface area contributed by atoms with Crippen LogP contribution in [0, 0.1) is 11.2 Å². The molecule has 10 nitrogen and oxygen atoms in total. The molecule has 0 spiro atoms. The highest BCUT2D eigenvalue weighted by atomic mass is 31.2. The summed E-state index contributed by atoms with van der Waals surface area (Å²) >= 11 is 0. The third kappa shape index (κ3) is 5.43. The summed E-state index contributed by atoms with van der Waals surface area (Å²) in [6, 6.07) is 0. The fourth-order valence-electron chi connectivity index (χ4n) is 2.41. The average Bonchev–Trinajstić information content (AvgIpc) is 3.03. The Morgan fingerprint density at radius 1 is 1.37 bits per heavy atom. The molecular formula is C15H22FN2O8P. The number of nitrogens with zero attached hydrogens (tertiary/aromatic N) is 2. The molecule has 0 saturated carbocycles. The van der Waals surface area contributed by atoms with E-state index >= 15 is 0 Å². The van der Waals surface area contributed by atoms with E-state index in [-0.39, 0.29) is 6.61 Å². The molecule has 1 aromatic rings. The van der Waals surface area contributed by atoms with E-state index in [0.29, 0.717) is 17.4 Å². The van der Waals surface area contributed by atoms with Gasteiger partial charge < -0.3 is 23.8 Å². The van der Waals surface area contributed by atoms with Crippen molar-refractivity contribution in [1.29, 1.82) is 0 Å². The van der Waals surface area contributed by atoms with Crippen LogP contribution in [0.3, 0.4) is 0 Å². The summed E-state index contributed by atoms with van der Waals surface area (Å²) in [5.74, 6) is -1.85. The van der Waals surface area contributed by atoms with Crippen LogP contribution in [-0.2, 0) is 25.5 Å². The van der Waals surface area contributed by atoms with Gasteiger partial charge in [-0.1, -0.05) is 0 Å². The molecule has 0 aromatic carbocycles. The Morgan fingerprint density at radius 3 is 2.63 bits per heavy atom. The minimum Gasteiger partial charge on any atom is -0.443 e. The molecule has 27 heavy (non-hydrogen) atoms. The summed E-state index contributed by atoms with van der Waals surface area (Å²) in [6.07, 6.45) is 0.107. The summed E-state index contributed by atoms with van der Waals surface area (Å²) in [4.78, 5) is 53.8. The van der Waals surface area contributed by atoms with Crippen LogP contribution in [0.4, 0.5) is 4.39 Å². The van der Waals surface area contributed by atoms with Crippen LogP contribution in [0.15, 0.2) is 15.8 Å². The van der Waals surface area contributed by atoms with Crippen LogP contribution in [0.1, 0.15) is 39.8 Å². The molecule has 2 unspecified atom stereocenters. The second kappa shape index (κ2) is 8.57. The Labute approximate surface area is 155 Å². The van der Waals surface area contributed by atoms with Crippen molar-refractivity contribution in [2.45, 2.75) is 52.7 Å². The van der Waals surface area contributed by atoms with Crippen LogP contribution in [0.5, 0.6) is 0 Å². The van der Waals surface area contributed by atoms with Gasteiger partial charge in [0.25, 0.3) is 5.56 Å². The molecule has 152 valence electrons. The Balaban J connectivity index is 2.20. The number of aromatic nitrogens is 2. The largest absolute Gasteiger partial charge is 0.443 e. The van der Waals surface area contributed by atoms with E-state index in [1.807, 2.05) is 0 Å². The van der Waals surface area contributed by atoms with Gasteiger partial charge in [0.1, 0.15) is 6.23 Å². The number of hydrogen-bond donors (Lipinski definition) is 2. The minimum absolute atomic E-state index is 0.102. The molecule has 0 radical (unpaired) electrons. The van der Waals surface area contributed by atoms with E-state index in [1.165, 1.54) is 0 Å². The van der Waals surface area contributed by atoms with Crippen molar-refractivity contribution in [1.82, 2.24) is 9.13 Å². The molecule has 0 bridgehead atoms. The highest BCUT2D eigenvalue weighted by Gasteiger charge is 2.30. The Kier molecular flexibility index (Phi) is 6.87. The molecule has 1 saturated heterocycles. The van der Waals surface area contributed by atoms with Crippen molar-refractivity contribution in [2.75, 3.05) is 6.61 Å². The van der Waals surface area contributed by atoms with Gasteiger partial charge in [0.05, 0.1) is 24.3 Å². The number of ether oxygens (including phenoxy) is 2. The van der Waals surface area contributed by atoms with Crippen LogP contribution in [0.25, 0.3) is 0 Å². The van der Waals surface area contributed by atoms with Crippen molar-refractivity contribution in [3.63, 3.8) is 0 Å². The molecule has 2 rings (SSSR count). The predicted octanol–water partition coefficient (Wildman–Crippen LogP) is 0.602. The van der Waals surface area contributed by atoms with Crippen molar-refractivity contribution in [2.24, 2.45) is 5.41 Å². The normalized spacial score (nSPS) is 20.3. The molecule has 2 atom stereocenters. The van der Waals surface area contributed by atoms with Gasteiger partial charge in [0, 0.05) is 0 Å². The lowest BCUT2D eigenvalue weighted by molar-refractivity contribution is -0.157. The number of rotatable bonds is 6. The maximum atomic E-state index is 14.0. The van der Waals surface area contributed by atoms with E-state index in [2.05, 4.69) is 4.52 Å². The molecule has 2 N–H and O–H groups in total. The van der Waals surface area contributed by atoms with Crippen molar-refractivity contribution >= 4 is 14.6 Å². The second-order valence-electron chi connectivity index (χ2n) is 7.05. The smallest absolute Gasteiger partial charge is 0.336 e. The molecule has 0 aliphatic carbocycles. The standard InChI is InChI=1S/C15H22FN2O8P/c1-15(2,3)13(20)24-8-18-12(19)10(16)6-17(14(18)21)11-5-4-9(26-11)7-25-27(22)23/h6,9,11,22-23H,4-5,7-8H2,1-3H3. The van der Waals surface area contributed by atoms with Crippen LogP contribution < -0.4 is 11.2 Å². The predicted molar refractivity (Wildman–Crippen MR) is 90.9 cm³/mol. The summed E-state index contributed by atoms with van der Waals surface area (Å²) in [7, 11) is -2.53. The minimum atomic E-state index is -2.53. The van der Waals surface area contributed by atoms with Crippen molar-refractivity contribution in [3.8, 4) is 0 Å². The quantitative estimate of drug-likeness (QED) is 0.517. The first-order valence-electron chi connectivity index (χ1n) is 8.15. The Morgan fingerprint density at radius 2 is 2.04 bits per heavy atom. The Hall–Kier alpha value is -1.65. The second-order valence-corrected chi connectivity index (χ2v) is 7.81. The molecule has 2 heterocycles. The molecule has 0 amide bonds. The molecule has 1 fully saturated rings. The number of carbonyl (C=O) groups is 1. The van der Waals surface area contributed by atoms with Gasteiger partial charge >= 0.3 is 20.3 Å². The first-order valence-corrected chi connectivity index (χ1v) is 9.32. The Bertz CT molecular complexity index is 800. The van der Waals surface area contributed by atoms with Gasteiger partial charge in [0.2, 0.25) is 5.82 Å². The summed E-state index contributed by atoms with van der Waals surface area (Å²) < 4.78 is 30.6. The van der Waals surface area contributed by atoms with Crippen LogP contribution >= 0.6 is 8.60 Å². The number of halogens is 1. The number of esters is 1. The third-order valence-electron chi connectivity index (χ3n) is 3.86. The zero-order valence-corrected chi connectivity index (χ0v) is 16.0. The van der Waals surface area contributed by atoms with E-state index in [1.54, 1.807) is 20.8 Å². The maximum Gasteiger partial charge on any atom is 0.336 e. The first kappa shape index (κ1) is 21.6. The zero-order valence-electron chi connectivity index (χ0n) is 15.1. The average molecular weight is 408 g/mol. The highest BCUT2D eigenvalue weighted by molar-refractivity contribution is 7.39. The van der Waals surface area contributed by atoms with Crippen molar-refractivity contribution < 1.29 is 33.0 Å². The highest BCUT2D eigenvalue weighted by Crippen LogP contribution is 2.31. The van der Waals surface area contributed by atoms with Gasteiger partial charge in [-0.15, -0.1) is 0 Å². The molecule has 1 aliphatic rings. The molecular weight excluding hydrogens is 386 g/mol. The van der Waals surface area contributed by atoms with Gasteiger partial charge in [-0.2, -0.15) is 4.39 Å². The summed E-state index contributed by atoms with van der Waals surface area (Å²) in [6.45, 7) is 3.98. The monoisotopic (exact) mass is 408 g/mol. The number of hydrogen-bond acceptors (Lipinski definition) is 8. The summed E-state index contributed by atoms with van der Waals surface area (Å²) in [5, 5.41) is 0. The van der Waals surface area contributed by atoms with Crippen LogP contribution in [-0.4, -0.2) is 37.6 Å². The first-order chi connectivity index (χ1) is 12.5. The summed E-state index contributed by atoms with van der Waals surface area (Å²) in [5.41, 5.74) is -2.94. The van der Waals surface area contributed by atoms with Gasteiger partial charge in [-0.25, -0.2) is 9.36 Å². The lowest BCUT2D eigenvalue weighted by Gasteiger charge is -2.19. The van der Waals surface area contributed by atoms with E-state index < -0.39 is 56.1 Å². The van der Waals surface area contributed by atoms with E-state index in [4.69, 9.17) is 19.3 Å².